The molecule has 4 rings (SSSR count). The van der Waals surface area contributed by atoms with Gasteiger partial charge in [0.2, 0.25) is 16.8 Å². The van der Waals surface area contributed by atoms with Crippen molar-refractivity contribution >= 4 is 16.0 Å². The van der Waals surface area contributed by atoms with Crippen LogP contribution in [-0.4, -0.2) is 88.3 Å². The Labute approximate surface area is 241 Å². The van der Waals surface area contributed by atoms with Crippen molar-refractivity contribution in [2.24, 2.45) is 5.92 Å². The van der Waals surface area contributed by atoms with E-state index in [-0.39, 0.29) is 44.5 Å². The summed E-state index contributed by atoms with van der Waals surface area (Å²) < 4.78 is 63.9. The van der Waals surface area contributed by atoms with Gasteiger partial charge in [0.05, 0.1) is 25.4 Å². The van der Waals surface area contributed by atoms with Gasteiger partial charge in [-0.2, -0.15) is 4.31 Å². The molecule has 2 aromatic rings. The van der Waals surface area contributed by atoms with Crippen LogP contribution < -0.4 is 14.2 Å². The third-order valence-electron chi connectivity index (χ3n) is 7.81. The Hall–Kier alpha value is -2.93. The summed E-state index contributed by atoms with van der Waals surface area (Å²) in [6.07, 6.45) is 2.28. The van der Waals surface area contributed by atoms with Crippen molar-refractivity contribution in [3.63, 3.8) is 0 Å². The van der Waals surface area contributed by atoms with Crippen LogP contribution in [0.25, 0.3) is 0 Å². The lowest BCUT2D eigenvalue weighted by Gasteiger charge is -2.30. The Kier molecular flexibility index (Phi) is 10.5. The summed E-state index contributed by atoms with van der Waals surface area (Å²) in [5.74, 6) is -1.80. The number of nitrogens with zero attached hydrogens (tertiary/aromatic N) is 2. The maximum atomic E-state index is 14.9. The number of benzene rings is 2. The Bertz CT molecular complexity index is 1310. The van der Waals surface area contributed by atoms with E-state index in [2.05, 4.69) is 0 Å². The number of carbonyl (C=O) groups is 1. The first-order valence-electron chi connectivity index (χ1n) is 13.9. The zero-order valence-electron chi connectivity index (χ0n) is 23.8. The van der Waals surface area contributed by atoms with Crippen LogP contribution in [0.2, 0.25) is 0 Å². The Balaban J connectivity index is 1.67. The van der Waals surface area contributed by atoms with Crippen LogP contribution in [-0.2, 0) is 19.6 Å². The highest BCUT2D eigenvalue weighted by atomic mass is 32.2. The number of hydrogen-bond acceptors (Lipinski definition) is 8. The Morgan fingerprint density at radius 1 is 1.10 bits per heavy atom. The van der Waals surface area contributed by atoms with Gasteiger partial charge in [-0.25, -0.2) is 12.8 Å². The van der Waals surface area contributed by atoms with E-state index >= 15 is 0 Å². The van der Waals surface area contributed by atoms with E-state index in [9.17, 15) is 22.7 Å². The van der Waals surface area contributed by atoms with Crippen LogP contribution in [0.15, 0.2) is 36.4 Å². The van der Waals surface area contributed by atoms with Crippen molar-refractivity contribution < 1.29 is 41.7 Å². The smallest absolute Gasteiger partial charge is 0.309 e. The average molecular weight is 595 g/mol. The largest absolute Gasteiger partial charge is 0.494 e. The lowest BCUT2D eigenvalue weighted by atomic mass is 9.82. The Morgan fingerprint density at radius 3 is 2.54 bits per heavy atom. The molecule has 3 unspecified atom stereocenters. The number of hydrogen-bond donors (Lipinski definition) is 1. The monoisotopic (exact) mass is 594 g/mol. The van der Waals surface area contributed by atoms with Gasteiger partial charge in [0.1, 0.15) is 0 Å². The summed E-state index contributed by atoms with van der Waals surface area (Å²) in [7, 11) is -0.671. The van der Waals surface area contributed by atoms with Gasteiger partial charge in [0.15, 0.2) is 23.1 Å². The molecular weight excluding hydrogens is 555 g/mol. The number of aliphatic carboxylic acids is 1. The first kappa shape index (κ1) is 31.0. The molecule has 12 heteroatoms. The average Bonchev–Trinajstić information content (AvgIpc) is 3.57. The van der Waals surface area contributed by atoms with E-state index in [1.165, 1.54) is 30.7 Å². The minimum absolute atomic E-state index is 0.0370. The molecule has 0 amide bonds. The predicted octanol–water partition coefficient (Wildman–Crippen LogP) is 3.87. The molecule has 0 aliphatic carbocycles. The van der Waals surface area contributed by atoms with Gasteiger partial charge in [-0.15, -0.1) is 0 Å². The number of carboxylic acids is 1. The third-order valence-corrected chi connectivity index (χ3v) is 9.76. The molecule has 0 aromatic heterocycles. The van der Waals surface area contributed by atoms with Crippen LogP contribution in [0.5, 0.6) is 17.2 Å². The quantitative estimate of drug-likeness (QED) is 0.307. The molecule has 1 saturated heterocycles. The summed E-state index contributed by atoms with van der Waals surface area (Å²) in [6, 6.07) is 9.12. The summed E-state index contributed by atoms with van der Waals surface area (Å²) in [6.45, 7) is 3.25. The topological polar surface area (TPSA) is 115 Å². The van der Waals surface area contributed by atoms with Crippen molar-refractivity contribution in [2.45, 2.75) is 38.1 Å². The van der Waals surface area contributed by atoms with Crippen molar-refractivity contribution in [1.82, 2.24) is 9.21 Å². The molecule has 2 heterocycles. The van der Waals surface area contributed by atoms with Crippen molar-refractivity contribution in [2.75, 3.05) is 59.6 Å². The number of ether oxygens (including phenoxy) is 4. The highest BCUT2D eigenvalue weighted by Gasteiger charge is 2.48. The second-order valence-corrected chi connectivity index (χ2v) is 12.4. The van der Waals surface area contributed by atoms with Gasteiger partial charge < -0.3 is 24.1 Å². The van der Waals surface area contributed by atoms with Crippen molar-refractivity contribution in [1.29, 1.82) is 0 Å². The minimum atomic E-state index is -3.56. The molecule has 0 bridgehead atoms. The zero-order valence-corrected chi connectivity index (χ0v) is 24.6. The lowest BCUT2D eigenvalue weighted by molar-refractivity contribution is -0.143. The first-order valence-corrected chi connectivity index (χ1v) is 15.5. The molecule has 1 N–H and O–H groups in total. The number of rotatable bonds is 15. The summed E-state index contributed by atoms with van der Waals surface area (Å²) in [4.78, 5) is 14.8. The van der Waals surface area contributed by atoms with Crippen LogP contribution in [0.4, 0.5) is 4.39 Å². The minimum Gasteiger partial charge on any atom is -0.494 e. The second kappa shape index (κ2) is 13.8. The SMILES string of the molecule is CCCCCS(=O)(=O)N(CCOC)CCN1CC(c2ccc3c(c2)OCO3)C(C(=O)O)C1c1ccc(OC)c(F)c1. The molecule has 2 aliphatic heterocycles. The van der Waals surface area contributed by atoms with Crippen molar-refractivity contribution in [3.8, 4) is 17.2 Å². The zero-order chi connectivity index (χ0) is 29.6. The summed E-state index contributed by atoms with van der Waals surface area (Å²) >= 11 is 0. The molecule has 0 saturated carbocycles. The van der Waals surface area contributed by atoms with Gasteiger partial charge in [0, 0.05) is 45.2 Å². The normalized spacial score (nSPS) is 20.6. The third kappa shape index (κ3) is 7.11. The van der Waals surface area contributed by atoms with Gasteiger partial charge >= 0.3 is 5.97 Å². The van der Waals surface area contributed by atoms with E-state index in [0.717, 1.165) is 18.4 Å². The number of likely N-dealkylation sites (tertiary alicyclic amines) is 1. The molecular formula is C29H39FN2O8S. The lowest BCUT2D eigenvalue weighted by Crippen LogP contribution is -2.41. The fraction of sp³-hybridized carbons (Fsp3) is 0.552. The number of halogens is 1. The van der Waals surface area contributed by atoms with E-state index < -0.39 is 39.7 Å². The van der Waals surface area contributed by atoms with E-state index in [0.29, 0.717) is 30.0 Å². The molecule has 2 aromatic carbocycles. The second-order valence-electron chi connectivity index (χ2n) is 10.3. The molecule has 226 valence electrons. The first-order chi connectivity index (χ1) is 19.7. The highest BCUT2D eigenvalue weighted by Crippen LogP contribution is 2.48. The van der Waals surface area contributed by atoms with E-state index in [1.54, 1.807) is 18.2 Å². The number of unbranched alkanes of at least 4 members (excludes halogenated alkanes) is 2. The molecule has 41 heavy (non-hydrogen) atoms. The van der Waals surface area contributed by atoms with Gasteiger partial charge in [0.25, 0.3) is 0 Å². The standard InChI is InChI=1S/C29H39FN2O8S/c1-4-5-6-15-41(35,36)32(13-14-37-2)12-11-31-18-22(20-7-10-25-26(17-20)40-19-39-25)27(29(33)34)28(31)21-8-9-24(38-3)23(30)16-21/h7-10,16-17,22,27-28H,4-6,11-15,18-19H2,1-3H3,(H,33,34). The molecule has 0 radical (unpaired) electrons. The van der Waals surface area contributed by atoms with Crippen LogP contribution in [0.3, 0.4) is 0 Å². The number of methoxy groups -OCH3 is 2. The number of sulfonamides is 1. The van der Waals surface area contributed by atoms with E-state index in [4.69, 9.17) is 18.9 Å². The van der Waals surface area contributed by atoms with Crippen molar-refractivity contribution in [3.05, 3.63) is 53.3 Å². The predicted molar refractivity (Wildman–Crippen MR) is 150 cm³/mol. The molecule has 3 atom stereocenters. The maximum Gasteiger partial charge on any atom is 0.309 e. The van der Waals surface area contributed by atoms with Gasteiger partial charge in [-0.05, 0) is 41.8 Å². The molecule has 2 aliphatic rings. The van der Waals surface area contributed by atoms with Crippen LogP contribution >= 0.6 is 0 Å². The number of fused-ring (bicyclic) bond motifs is 1. The highest BCUT2D eigenvalue weighted by molar-refractivity contribution is 7.89. The summed E-state index contributed by atoms with van der Waals surface area (Å²) in [5.41, 5.74) is 1.24. The molecule has 1 fully saturated rings. The van der Waals surface area contributed by atoms with E-state index in [1.807, 2.05) is 17.9 Å². The fourth-order valence-corrected chi connectivity index (χ4v) is 7.23. The maximum absolute atomic E-state index is 14.9. The van der Waals surface area contributed by atoms with Gasteiger partial charge in [-0.3, -0.25) is 9.69 Å². The number of carboxylic acid groups (broad SMARTS) is 1. The molecule has 10 nitrogen and oxygen atoms in total. The van der Waals surface area contributed by atoms with Crippen LogP contribution in [0.1, 0.15) is 49.3 Å². The molecule has 0 spiro atoms. The summed E-state index contributed by atoms with van der Waals surface area (Å²) in [5, 5.41) is 10.5. The Morgan fingerprint density at radius 2 is 1.85 bits per heavy atom. The van der Waals surface area contributed by atoms with Gasteiger partial charge in [-0.1, -0.05) is 31.9 Å². The van der Waals surface area contributed by atoms with Crippen LogP contribution in [0, 0.1) is 11.7 Å². The fourth-order valence-electron chi connectivity index (χ4n) is 5.69.